The van der Waals surface area contributed by atoms with Crippen LogP contribution in [0.2, 0.25) is 0 Å². The van der Waals surface area contributed by atoms with Crippen LogP contribution in [-0.2, 0) is 19.7 Å². The third kappa shape index (κ3) is 7.99. The van der Waals surface area contributed by atoms with E-state index in [9.17, 15) is 19.2 Å². The van der Waals surface area contributed by atoms with Crippen molar-refractivity contribution in [2.75, 3.05) is 18.6 Å². The molecule has 0 radical (unpaired) electrons. The van der Waals surface area contributed by atoms with Crippen molar-refractivity contribution in [2.24, 2.45) is 5.73 Å². The molecular weight excluding hydrogens is 382 g/mol. The number of urea groups is 1. The van der Waals surface area contributed by atoms with Crippen LogP contribution in [0, 0.1) is 0 Å². The normalized spacial score (nSPS) is 12.0. The number of nitrogens with two attached hydrogens (primary N) is 1. The first-order valence-corrected chi connectivity index (χ1v) is 10.1. The molecule has 1 atom stereocenters. The molecule has 1 unspecified atom stereocenters. The van der Waals surface area contributed by atoms with Gasteiger partial charge in [-0.25, -0.2) is 9.59 Å². The molecule has 154 valence electrons. The van der Waals surface area contributed by atoms with Crippen LogP contribution in [0.5, 0.6) is 0 Å². The number of primary amides is 1. The highest BCUT2D eigenvalue weighted by Gasteiger charge is 2.24. The number of thioether (sulfide) groups is 1. The summed E-state index contributed by atoms with van der Waals surface area (Å²) in [5, 5.41) is 4.44. The molecule has 1 aromatic rings. The Hall–Kier alpha value is -2.55. The summed E-state index contributed by atoms with van der Waals surface area (Å²) in [5.41, 5.74) is 6.29. The molecule has 28 heavy (non-hydrogen) atoms. The van der Waals surface area contributed by atoms with Crippen LogP contribution >= 0.6 is 11.8 Å². The Morgan fingerprint density at radius 3 is 2.25 bits per heavy atom. The van der Waals surface area contributed by atoms with Crippen molar-refractivity contribution < 1.29 is 23.9 Å². The summed E-state index contributed by atoms with van der Waals surface area (Å²) in [6.45, 7) is 5.56. The summed E-state index contributed by atoms with van der Waals surface area (Å²) in [5.74, 6) is -1.40. The van der Waals surface area contributed by atoms with E-state index >= 15 is 0 Å². The average molecular weight is 410 g/mol. The number of ether oxygens (including phenoxy) is 1. The molecule has 4 amide bonds. The predicted molar refractivity (Wildman–Crippen MR) is 108 cm³/mol. The predicted octanol–water partition coefficient (Wildman–Crippen LogP) is 1.57. The van der Waals surface area contributed by atoms with Crippen LogP contribution < -0.4 is 16.4 Å². The highest BCUT2D eigenvalue weighted by atomic mass is 32.2. The minimum Gasteiger partial charge on any atom is -0.454 e. The van der Waals surface area contributed by atoms with Crippen LogP contribution in [0.15, 0.2) is 24.3 Å². The van der Waals surface area contributed by atoms with Crippen LogP contribution in [-0.4, -0.2) is 48.5 Å². The fraction of sp³-hybridized carbons (Fsp3) is 0.474. The van der Waals surface area contributed by atoms with Gasteiger partial charge in [0, 0.05) is 5.56 Å². The van der Waals surface area contributed by atoms with Gasteiger partial charge in [-0.15, -0.1) is 0 Å². The van der Waals surface area contributed by atoms with E-state index in [1.807, 2.05) is 18.4 Å². The highest BCUT2D eigenvalue weighted by molar-refractivity contribution is 7.98. The number of hydrogen-bond acceptors (Lipinski definition) is 6. The summed E-state index contributed by atoms with van der Waals surface area (Å²) < 4.78 is 4.88. The third-order valence-electron chi connectivity index (χ3n) is 3.82. The molecule has 0 aromatic heterocycles. The van der Waals surface area contributed by atoms with Crippen molar-refractivity contribution in [3.05, 3.63) is 35.4 Å². The number of nitrogens with one attached hydrogen (secondary N) is 2. The van der Waals surface area contributed by atoms with Gasteiger partial charge in [0.25, 0.3) is 11.8 Å². The molecule has 0 saturated carbocycles. The van der Waals surface area contributed by atoms with Gasteiger partial charge in [0.15, 0.2) is 6.61 Å². The molecule has 0 fully saturated rings. The largest absolute Gasteiger partial charge is 0.454 e. The van der Waals surface area contributed by atoms with Crippen molar-refractivity contribution in [3.8, 4) is 0 Å². The maximum Gasteiger partial charge on any atom is 0.329 e. The van der Waals surface area contributed by atoms with E-state index in [1.165, 1.54) is 11.8 Å². The SMILES string of the molecule is CSCCC(NC(=O)c1ccc(C(C)(C)C)cc1)C(=O)OCC(=O)NC(N)=O. The topological polar surface area (TPSA) is 128 Å². The van der Waals surface area contributed by atoms with E-state index in [0.29, 0.717) is 17.7 Å². The highest BCUT2D eigenvalue weighted by Crippen LogP contribution is 2.22. The summed E-state index contributed by atoms with van der Waals surface area (Å²) in [6.07, 6.45) is 2.21. The van der Waals surface area contributed by atoms with Gasteiger partial charge >= 0.3 is 12.0 Å². The Labute approximate surface area is 168 Å². The van der Waals surface area contributed by atoms with Gasteiger partial charge in [-0.1, -0.05) is 32.9 Å². The van der Waals surface area contributed by atoms with E-state index in [0.717, 1.165) is 5.56 Å². The van der Waals surface area contributed by atoms with E-state index in [2.05, 4.69) is 26.1 Å². The maximum atomic E-state index is 12.5. The van der Waals surface area contributed by atoms with Gasteiger partial charge in [0.1, 0.15) is 6.04 Å². The van der Waals surface area contributed by atoms with Crippen molar-refractivity contribution in [1.29, 1.82) is 0 Å². The number of rotatable bonds is 8. The molecule has 8 nitrogen and oxygen atoms in total. The monoisotopic (exact) mass is 409 g/mol. The molecule has 9 heteroatoms. The number of carbonyl (C=O) groups excluding carboxylic acids is 4. The molecule has 0 spiro atoms. The molecule has 0 saturated heterocycles. The number of hydrogen-bond donors (Lipinski definition) is 3. The molecular formula is C19H27N3O5S. The fourth-order valence-corrected chi connectivity index (χ4v) is 2.73. The van der Waals surface area contributed by atoms with Crippen LogP contribution in [0.25, 0.3) is 0 Å². The number of benzene rings is 1. The first-order valence-electron chi connectivity index (χ1n) is 8.71. The lowest BCUT2D eigenvalue weighted by Crippen LogP contribution is -2.44. The Kier molecular flexibility index (Phi) is 8.98. The average Bonchev–Trinajstić information content (AvgIpc) is 2.61. The molecule has 4 N–H and O–H groups in total. The van der Waals surface area contributed by atoms with Crippen LogP contribution in [0.3, 0.4) is 0 Å². The molecule has 1 rings (SSSR count). The van der Waals surface area contributed by atoms with Gasteiger partial charge in [-0.05, 0) is 41.5 Å². The molecule has 0 aliphatic carbocycles. The zero-order valence-electron chi connectivity index (χ0n) is 16.5. The molecule has 1 aromatic carbocycles. The first-order chi connectivity index (χ1) is 13.0. The van der Waals surface area contributed by atoms with Crippen molar-refractivity contribution >= 4 is 35.6 Å². The van der Waals surface area contributed by atoms with Gasteiger partial charge in [-0.3, -0.25) is 14.9 Å². The van der Waals surface area contributed by atoms with Gasteiger partial charge in [0.05, 0.1) is 0 Å². The van der Waals surface area contributed by atoms with Crippen LogP contribution in [0.4, 0.5) is 4.79 Å². The standard InChI is InChI=1S/C19H27N3O5S/c1-19(2,3)13-7-5-12(6-8-13)16(24)21-14(9-10-28-4)17(25)27-11-15(23)22-18(20)26/h5-8,14H,9-11H2,1-4H3,(H,21,24)(H3,20,22,23,26). The fourth-order valence-electron chi connectivity index (χ4n) is 2.26. The van der Waals surface area contributed by atoms with Crippen molar-refractivity contribution in [3.63, 3.8) is 0 Å². The zero-order chi connectivity index (χ0) is 21.3. The summed E-state index contributed by atoms with van der Waals surface area (Å²) in [7, 11) is 0. The van der Waals surface area contributed by atoms with Crippen molar-refractivity contribution in [1.82, 2.24) is 10.6 Å². The molecule has 0 heterocycles. The second kappa shape index (κ2) is 10.7. The Balaban J connectivity index is 2.76. The Morgan fingerprint density at radius 1 is 1.14 bits per heavy atom. The van der Waals surface area contributed by atoms with Gasteiger partial charge in [0.2, 0.25) is 0 Å². The lowest BCUT2D eigenvalue weighted by atomic mass is 9.86. The second-order valence-electron chi connectivity index (χ2n) is 7.16. The van der Waals surface area contributed by atoms with Crippen molar-refractivity contribution in [2.45, 2.75) is 38.6 Å². The van der Waals surface area contributed by atoms with E-state index in [4.69, 9.17) is 10.5 Å². The first kappa shape index (κ1) is 23.5. The van der Waals surface area contributed by atoms with Gasteiger partial charge < -0.3 is 15.8 Å². The lowest BCUT2D eigenvalue weighted by molar-refractivity contribution is -0.150. The van der Waals surface area contributed by atoms with Gasteiger partial charge in [-0.2, -0.15) is 11.8 Å². The molecule has 0 aliphatic heterocycles. The number of amides is 4. The summed E-state index contributed by atoms with van der Waals surface area (Å²) >= 11 is 1.51. The maximum absolute atomic E-state index is 12.5. The Bertz CT molecular complexity index is 713. The molecule has 0 aliphatic rings. The Morgan fingerprint density at radius 2 is 1.75 bits per heavy atom. The summed E-state index contributed by atoms with van der Waals surface area (Å²) in [4.78, 5) is 46.7. The second-order valence-corrected chi connectivity index (χ2v) is 8.14. The van der Waals surface area contributed by atoms with E-state index in [1.54, 1.807) is 17.4 Å². The number of esters is 1. The minimum absolute atomic E-state index is 0.0365. The van der Waals surface area contributed by atoms with E-state index < -0.39 is 36.5 Å². The van der Waals surface area contributed by atoms with E-state index in [-0.39, 0.29) is 5.41 Å². The summed E-state index contributed by atoms with van der Waals surface area (Å²) in [6, 6.07) is 5.20. The zero-order valence-corrected chi connectivity index (χ0v) is 17.4. The third-order valence-corrected chi connectivity index (χ3v) is 4.47. The number of carbonyl (C=O) groups is 4. The lowest BCUT2D eigenvalue weighted by Gasteiger charge is -2.20. The quantitative estimate of drug-likeness (QED) is 0.559. The minimum atomic E-state index is -1.04. The smallest absolute Gasteiger partial charge is 0.329 e. The number of imide groups is 1. The van der Waals surface area contributed by atoms with Crippen LogP contribution in [0.1, 0.15) is 43.1 Å². The molecule has 0 bridgehead atoms.